The van der Waals surface area contributed by atoms with E-state index in [4.69, 9.17) is 29.4 Å². The number of nitrogens with zero attached hydrogens (tertiary/aromatic N) is 3. The number of carbonyl (C=O) groups is 12. The molecular formula is C62H90N12O21S2. The molecule has 536 valence electrons. The van der Waals surface area contributed by atoms with E-state index in [0.717, 1.165) is 9.80 Å². The molecule has 0 aliphatic carbocycles. The second kappa shape index (κ2) is 37.5. The first-order chi connectivity index (χ1) is 46.4. The molecule has 13 N–H and O–H groups in total. The van der Waals surface area contributed by atoms with Crippen LogP contribution in [0.25, 0.3) is 10.9 Å². The van der Waals surface area contributed by atoms with Gasteiger partial charge < -0.3 is 101 Å². The Morgan fingerprint density at radius 2 is 1.39 bits per heavy atom. The van der Waals surface area contributed by atoms with Gasteiger partial charge in [0.25, 0.3) is 11.8 Å². The van der Waals surface area contributed by atoms with Crippen molar-refractivity contribution in [1.82, 2.24) is 56.9 Å². The molecule has 1 unspecified atom stereocenters. The lowest BCUT2D eigenvalue weighted by molar-refractivity contribution is -0.143. The second-order valence-corrected chi connectivity index (χ2v) is 26.9. The third-order valence-electron chi connectivity index (χ3n) is 17.5. The highest BCUT2D eigenvalue weighted by Gasteiger charge is 2.45. The number of primary amides is 1. The molecule has 5 aliphatic rings. The van der Waals surface area contributed by atoms with E-state index in [1.54, 1.807) is 42.6 Å². The highest BCUT2D eigenvalue weighted by molar-refractivity contribution is 7.99. The van der Waals surface area contributed by atoms with Crippen LogP contribution in [0.1, 0.15) is 76.8 Å². The van der Waals surface area contributed by atoms with Crippen LogP contribution in [0.3, 0.4) is 0 Å². The summed E-state index contributed by atoms with van der Waals surface area (Å²) in [6, 6.07) is -6.67. The van der Waals surface area contributed by atoms with Crippen LogP contribution in [-0.2, 0) is 99.8 Å². The summed E-state index contributed by atoms with van der Waals surface area (Å²) in [4.78, 5) is 171. The Labute approximate surface area is 567 Å². The number of carbonyl (C=O) groups excluding carboxylic acids is 12. The molecule has 2 saturated heterocycles. The molecule has 1 aromatic carbocycles. The first-order valence-corrected chi connectivity index (χ1v) is 34.7. The standard InChI is InChI=1S/C62H90N12O21S2/c1-5-34(2)53-59(87)65-28-48(79)66-43-33-97(90)61-39(27-42(56(84)64-29-49(80)69-53)68-60(88)54(35(3)45(77)31-75)70-58(86)44-26-36(76)30-74(44)62(89)41(67-57(43)85)7-9-47(63)78)38-6-8-46(91-4)40(55(38)71-61)32-96-37-12-15-72(16-13-37)50(81)14-18-92-20-22-94-24-25-95-23-21-93-19-17-73-51(82)10-11-52(73)83/h6,8,10-11,34-37,41-45,53-54,71,75-77H,5,7,9,12-33H2,1-4H3,(H2,63,78)(H,64,84)(H,65,87)(H,66,79)(H,67,85)(H,68,88)(H,69,80)(H,70,86)/t34-,35-,36+,41-,42-,43-,44-,45-,53-,54-,97?/m0/s1. The Hall–Kier alpha value is -7.48. The summed E-state index contributed by atoms with van der Waals surface area (Å²) >= 11 is -0.883. The molecule has 2 bridgehead atoms. The number of amides is 12. The molecular weight excluding hydrogens is 1310 g/mol. The van der Waals surface area contributed by atoms with Crippen molar-refractivity contribution < 1.29 is 101 Å². The third kappa shape index (κ3) is 21.5. The zero-order valence-corrected chi connectivity index (χ0v) is 56.4. The number of aromatic amines is 1. The molecule has 0 saturated carbocycles. The van der Waals surface area contributed by atoms with Gasteiger partial charge in [0.2, 0.25) is 64.1 Å². The number of piperidine rings is 1. The van der Waals surface area contributed by atoms with E-state index in [-0.39, 0.29) is 85.3 Å². The van der Waals surface area contributed by atoms with Gasteiger partial charge in [-0.1, -0.05) is 27.2 Å². The van der Waals surface area contributed by atoms with Crippen molar-refractivity contribution in [2.24, 2.45) is 17.6 Å². The minimum absolute atomic E-state index is 0.0226. The predicted molar refractivity (Wildman–Crippen MR) is 346 cm³/mol. The number of fused-ring (bicyclic) bond motifs is 5. The van der Waals surface area contributed by atoms with Crippen LogP contribution in [0.2, 0.25) is 0 Å². The normalized spacial score (nSPS) is 24.7. The van der Waals surface area contributed by atoms with Gasteiger partial charge in [-0.3, -0.25) is 62.4 Å². The van der Waals surface area contributed by atoms with Crippen molar-refractivity contribution in [2.75, 3.05) is 112 Å². The Kier molecular flexibility index (Phi) is 29.7. The highest BCUT2D eigenvalue weighted by Crippen LogP contribution is 2.39. The summed E-state index contributed by atoms with van der Waals surface area (Å²) in [6.45, 7) is 4.92. The van der Waals surface area contributed by atoms with E-state index < -0.39 is 182 Å². The van der Waals surface area contributed by atoms with Gasteiger partial charge in [-0.05, 0) is 37.3 Å². The maximum atomic E-state index is 15.5. The molecule has 0 spiro atoms. The zero-order chi connectivity index (χ0) is 70.5. The summed E-state index contributed by atoms with van der Waals surface area (Å²) in [7, 11) is 1.45. The number of nitrogens with two attached hydrogens (primary N) is 1. The van der Waals surface area contributed by atoms with Crippen molar-refractivity contribution in [2.45, 2.75) is 137 Å². The van der Waals surface area contributed by atoms with Crippen molar-refractivity contribution in [3.8, 4) is 5.75 Å². The number of rotatable bonds is 27. The zero-order valence-electron chi connectivity index (χ0n) is 54.8. The lowest BCUT2D eigenvalue weighted by atomic mass is 9.93. The van der Waals surface area contributed by atoms with E-state index in [1.807, 2.05) is 0 Å². The molecule has 97 heavy (non-hydrogen) atoms. The number of benzene rings is 1. The third-order valence-corrected chi connectivity index (χ3v) is 20.3. The van der Waals surface area contributed by atoms with Crippen LogP contribution < -0.4 is 47.7 Å². The Morgan fingerprint density at radius 3 is 2.02 bits per heavy atom. The number of imide groups is 1. The first-order valence-electron chi connectivity index (χ1n) is 32.4. The topological polar surface area (TPSA) is 470 Å². The summed E-state index contributed by atoms with van der Waals surface area (Å²) in [6.07, 6.45) is -0.819. The highest BCUT2D eigenvalue weighted by atomic mass is 32.2. The van der Waals surface area contributed by atoms with E-state index in [1.165, 1.54) is 26.2 Å². The number of ether oxygens (including phenoxy) is 5. The van der Waals surface area contributed by atoms with Crippen LogP contribution in [0.15, 0.2) is 29.3 Å². The monoisotopic (exact) mass is 1400 g/mol. The second-order valence-electron chi connectivity index (χ2n) is 24.2. The number of hydrogen-bond donors (Lipinski definition) is 12. The van der Waals surface area contributed by atoms with E-state index in [9.17, 15) is 72.9 Å². The number of nitrogens with one attached hydrogen (secondary N) is 8. The van der Waals surface area contributed by atoms with Gasteiger partial charge in [0.1, 0.15) is 41.7 Å². The van der Waals surface area contributed by atoms with E-state index in [0.29, 0.717) is 74.4 Å². The number of H-pyrrole nitrogens is 1. The maximum Gasteiger partial charge on any atom is 0.253 e. The van der Waals surface area contributed by atoms with Gasteiger partial charge in [-0.15, -0.1) is 0 Å². The first kappa shape index (κ1) is 76.9. The SMILES string of the molecule is CC[C@H](C)[C@@H]1NC(=O)CNC(=O)[C@@H]2Cc3c([nH]c4c(CSC5CCN(C(=O)CCOCCOCCOCCOCCN6C(=O)C=CC6=O)CC5)c(OC)ccc34)[S+]([O-])C[C@H](NC(=O)CNC1=O)C(=O)N[C@@H](CCC(N)=O)C(=O)N1C[C@H](O)C[C@H]1C(=O)N[C@@H]([C@@H](C)[C@@H](O)CO)C(=O)N2. The lowest BCUT2D eigenvalue weighted by Crippen LogP contribution is -2.62. The fraction of sp³-hybridized carbons (Fsp3) is 0.645. The molecule has 35 heteroatoms. The molecule has 6 heterocycles. The summed E-state index contributed by atoms with van der Waals surface area (Å²) < 4.78 is 43.5. The van der Waals surface area contributed by atoms with Crippen LogP contribution in [0.5, 0.6) is 5.75 Å². The number of aliphatic hydroxyl groups excluding tert-OH is 3. The van der Waals surface area contributed by atoms with Gasteiger partial charge in [0.05, 0.1) is 110 Å². The molecule has 0 radical (unpaired) electrons. The number of thioether (sulfide) groups is 1. The predicted octanol–water partition coefficient (Wildman–Crippen LogP) is -4.62. The minimum atomic E-state index is -2.44. The number of hydrogen-bond acceptors (Lipinski definition) is 22. The quantitative estimate of drug-likeness (QED) is 0.0227. The molecule has 5 aliphatic heterocycles. The van der Waals surface area contributed by atoms with Gasteiger partial charge in [0, 0.05) is 95.7 Å². The van der Waals surface area contributed by atoms with Crippen LogP contribution >= 0.6 is 11.8 Å². The molecule has 7 rings (SSSR count). The van der Waals surface area contributed by atoms with E-state index >= 15 is 4.55 Å². The molecule has 12 amide bonds. The number of methoxy groups -OCH3 is 1. The van der Waals surface area contributed by atoms with Crippen LogP contribution in [-0.4, -0.2) is 276 Å². The fourth-order valence-electron chi connectivity index (χ4n) is 11.7. The number of aliphatic hydroxyl groups is 3. The Morgan fingerprint density at radius 1 is 0.763 bits per heavy atom. The molecule has 2 aromatic rings. The summed E-state index contributed by atoms with van der Waals surface area (Å²) in [5, 5.41) is 50.2. The van der Waals surface area contributed by atoms with Crippen molar-refractivity contribution in [3.05, 3.63) is 35.4 Å². The van der Waals surface area contributed by atoms with Crippen LogP contribution in [0, 0.1) is 11.8 Å². The minimum Gasteiger partial charge on any atom is -0.610 e. The van der Waals surface area contributed by atoms with Gasteiger partial charge in [-0.2, -0.15) is 11.8 Å². The van der Waals surface area contributed by atoms with Crippen LogP contribution in [0.4, 0.5) is 0 Å². The van der Waals surface area contributed by atoms with Crippen molar-refractivity contribution in [3.63, 3.8) is 0 Å². The largest absolute Gasteiger partial charge is 0.610 e. The molecule has 33 nitrogen and oxygen atoms in total. The van der Waals surface area contributed by atoms with Gasteiger partial charge in [-0.25, -0.2) is 0 Å². The summed E-state index contributed by atoms with van der Waals surface area (Å²) in [5.74, 6) is -11.7. The Bertz CT molecular complexity index is 3170. The van der Waals surface area contributed by atoms with Crippen molar-refractivity contribution in [1.29, 1.82) is 0 Å². The fourth-order valence-corrected chi connectivity index (χ4v) is 14.3. The molecule has 1 aromatic heterocycles. The van der Waals surface area contributed by atoms with Crippen molar-refractivity contribution >= 4 is 105 Å². The van der Waals surface area contributed by atoms with Gasteiger partial charge >= 0.3 is 0 Å². The average Bonchev–Trinajstić information content (AvgIpc) is 1.62. The smallest absolute Gasteiger partial charge is 0.253 e. The summed E-state index contributed by atoms with van der Waals surface area (Å²) in [5.41, 5.74) is 6.55. The number of likely N-dealkylation sites (tertiary alicyclic amines) is 1. The Balaban J connectivity index is 1.13. The number of aromatic nitrogens is 1. The van der Waals surface area contributed by atoms with Gasteiger partial charge in [0.15, 0.2) is 6.04 Å². The average molecular weight is 1400 g/mol. The van der Waals surface area contributed by atoms with E-state index in [2.05, 4.69) is 42.2 Å². The molecule has 11 atom stereocenters. The molecule has 2 fully saturated rings. The lowest BCUT2D eigenvalue weighted by Gasteiger charge is -2.33. The maximum absolute atomic E-state index is 15.5.